The highest BCUT2D eigenvalue weighted by molar-refractivity contribution is 5.74. The van der Waals surface area contributed by atoms with Crippen LogP contribution in [0.2, 0.25) is 0 Å². The predicted octanol–water partition coefficient (Wildman–Crippen LogP) is 2.14. The molecule has 2 saturated carbocycles. The maximum absolute atomic E-state index is 12.3. The number of carbonyl (C=O) groups is 1. The fraction of sp³-hybridized carbons (Fsp3) is 0.684. The number of nitrogens with one attached hydrogen (secondary N) is 1. The van der Waals surface area contributed by atoms with Gasteiger partial charge in [0.2, 0.25) is 0 Å². The first-order valence-corrected chi connectivity index (χ1v) is 9.46. The number of amides is 2. The molecule has 1 aromatic rings. The second-order valence-corrected chi connectivity index (χ2v) is 7.57. The second kappa shape index (κ2) is 7.09. The summed E-state index contributed by atoms with van der Waals surface area (Å²) in [5, 5.41) is 3.04. The molecule has 5 nitrogen and oxygen atoms in total. The Morgan fingerprint density at radius 3 is 2.71 bits per heavy atom. The molecule has 3 aliphatic rings. The van der Waals surface area contributed by atoms with E-state index in [1.807, 2.05) is 23.1 Å². The van der Waals surface area contributed by atoms with Crippen LogP contribution < -0.4 is 5.32 Å². The van der Waals surface area contributed by atoms with E-state index < -0.39 is 0 Å². The molecule has 0 unspecified atom stereocenters. The number of rotatable bonds is 4. The average molecular weight is 328 g/mol. The largest absolute Gasteiger partial charge is 0.338 e. The van der Waals surface area contributed by atoms with Crippen LogP contribution in [-0.4, -0.2) is 59.6 Å². The van der Waals surface area contributed by atoms with Gasteiger partial charge in [-0.3, -0.25) is 9.88 Å². The number of carbonyl (C=O) groups excluding carboxylic acids is 1. The number of urea groups is 1. The van der Waals surface area contributed by atoms with E-state index in [1.165, 1.54) is 25.7 Å². The molecule has 2 aliphatic carbocycles. The van der Waals surface area contributed by atoms with Gasteiger partial charge in [0, 0.05) is 57.1 Å². The zero-order valence-electron chi connectivity index (χ0n) is 14.4. The Kier molecular flexibility index (Phi) is 4.69. The smallest absolute Gasteiger partial charge is 0.317 e. The van der Waals surface area contributed by atoms with Crippen LogP contribution in [0.25, 0.3) is 0 Å². The van der Waals surface area contributed by atoms with Gasteiger partial charge in [-0.05, 0) is 43.2 Å². The van der Waals surface area contributed by atoms with Crippen LogP contribution in [0.3, 0.4) is 0 Å². The maximum atomic E-state index is 12.3. The number of hydrogen-bond acceptors (Lipinski definition) is 3. The van der Waals surface area contributed by atoms with Crippen LogP contribution in [0.5, 0.6) is 0 Å². The third-order valence-electron chi connectivity index (χ3n) is 6.15. The van der Waals surface area contributed by atoms with E-state index in [0.29, 0.717) is 6.54 Å². The van der Waals surface area contributed by atoms with Crippen molar-refractivity contribution in [2.45, 2.75) is 38.1 Å². The highest BCUT2D eigenvalue weighted by Gasteiger charge is 2.42. The lowest BCUT2D eigenvalue weighted by Crippen LogP contribution is -2.55. The van der Waals surface area contributed by atoms with Crippen molar-refractivity contribution in [3.8, 4) is 0 Å². The molecule has 4 rings (SSSR count). The lowest BCUT2D eigenvalue weighted by Gasteiger charge is -2.40. The SMILES string of the molecule is O=C(NCCc1ccccn1)N1CCN([C@H]2C[C@@H]3CC[C@@H]2C3)CC1. The maximum Gasteiger partial charge on any atom is 0.317 e. The van der Waals surface area contributed by atoms with Crippen LogP contribution in [0.4, 0.5) is 4.79 Å². The van der Waals surface area contributed by atoms with Gasteiger partial charge in [-0.2, -0.15) is 0 Å². The Hall–Kier alpha value is -1.62. The molecule has 130 valence electrons. The van der Waals surface area contributed by atoms with Crippen LogP contribution in [0, 0.1) is 11.8 Å². The first-order valence-electron chi connectivity index (χ1n) is 9.46. The molecular formula is C19H28N4O. The summed E-state index contributed by atoms with van der Waals surface area (Å²) in [4.78, 5) is 21.2. The molecular weight excluding hydrogens is 300 g/mol. The molecule has 1 aromatic heterocycles. The van der Waals surface area contributed by atoms with Gasteiger partial charge in [-0.25, -0.2) is 4.79 Å². The summed E-state index contributed by atoms with van der Waals surface area (Å²) in [5.41, 5.74) is 1.03. The summed E-state index contributed by atoms with van der Waals surface area (Å²) in [6.45, 7) is 4.47. The number of hydrogen-bond donors (Lipinski definition) is 1. The van der Waals surface area contributed by atoms with Gasteiger partial charge in [-0.1, -0.05) is 12.5 Å². The Morgan fingerprint density at radius 1 is 1.17 bits per heavy atom. The van der Waals surface area contributed by atoms with Crippen molar-refractivity contribution < 1.29 is 4.79 Å². The van der Waals surface area contributed by atoms with Crippen LogP contribution >= 0.6 is 0 Å². The van der Waals surface area contributed by atoms with Crippen molar-refractivity contribution in [1.29, 1.82) is 0 Å². The number of piperazine rings is 1. The summed E-state index contributed by atoms with van der Waals surface area (Å²) in [5.74, 6) is 1.93. The third kappa shape index (κ3) is 3.41. The fourth-order valence-corrected chi connectivity index (χ4v) is 4.87. The normalized spacial score (nSPS) is 29.8. The number of fused-ring (bicyclic) bond motifs is 2. The number of aromatic nitrogens is 1. The molecule has 0 radical (unpaired) electrons. The van der Waals surface area contributed by atoms with Gasteiger partial charge in [0.15, 0.2) is 0 Å². The van der Waals surface area contributed by atoms with E-state index in [2.05, 4.69) is 15.2 Å². The van der Waals surface area contributed by atoms with E-state index in [9.17, 15) is 4.79 Å². The van der Waals surface area contributed by atoms with E-state index in [1.54, 1.807) is 6.20 Å². The lowest BCUT2D eigenvalue weighted by atomic mass is 9.93. The Balaban J connectivity index is 1.19. The molecule has 3 atom stereocenters. The average Bonchev–Trinajstić information content (AvgIpc) is 3.26. The fourth-order valence-electron chi connectivity index (χ4n) is 4.87. The van der Waals surface area contributed by atoms with Gasteiger partial charge in [0.05, 0.1) is 0 Å². The molecule has 0 spiro atoms. The Labute approximate surface area is 144 Å². The number of pyridine rings is 1. The third-order valence-corrected chi connectivity index (χ3v) is 6.15. The van der Waals surface area contributed by atoms with Crippen molar-refractivity contribution in [3.05, 3.63) is 30.1 Å². The monoisotopic (exact) mass is 328 g/mol. The Morgan fingerprint density at radius 2 is 2.04 bits per heavy atom. The zero-order chi connectivity index (χ0) is 16.4. The van der Waals surface area contributed by atoms with E-state index in [0.717, 1.165) is 56.2 Å². The molecule has 2 amide bonds. The molecule has 1 saturated heterocycles. The van der Waals surface area contributed by atoms with E-state index in [-0.39, 0.29) is 6.03 Å². The van der Waals surface area contributed by atoms with Crippen LogP contribution in [0.15, 0.2) is 24.4 Å². The highest BCUT2D eigenvalue weighted by atomic mass is 16.2. The molecule has 5 heteroatoms. The molecule has 0 aromatic carbocycles. The second-order valence-electron chi connectivity index (χ2n) is 7.57. The summed E-state index contributed by atoms with van der Waals surface area (Å²) >= 11 is 0. The Bertz CT molecular complexity index is 556. The minimum Gasteiger partial charge on any atom is -0.338 e. The lowest BCUT2D eigenvalue weighted by molar-refractivity contribution is 0.0828. The van der Waals surface area contributed by atoms with E-state index in [4.69, 9.17) is 0 Å². The topological polar surface area (TPSA) is 48.5 Å². The van der Waals surface area contributed by atoms with Gasteiger partial charge >= 0.3 is 6.03 Å². The van der Waals surface area contributed by atoms with Gasteiger partial charge < -0.3 is 10.2 Å². The summed E-state index contributed by atoms with van der Waals surface area (Å²) in [6, 6.07) is 6.79. The summed E-state index contributed by atoms with van der Waals surface area (Å²) in [7, 11) is 0. The van der Waals surface area contributed by atoms with Crippen molar-refractivity contribution in [2.75, 3.05) is 32.7 Å². The minimum atomic E-state index is 0.0820. The first-order chi connectivity index (χ1) is 11.8. The molecule has 24 heavy (non-hydrogen) atoms. The van der Waals surface area contributed by atoms with Crippen molar-refractivity contribution in [2.24, 2.45) is 11.8 Å². The quantitative estimate of drug-likeness (QED) is 0.921. The number of nitrogens with zero attached hydrogens (tertiary/aromatic N) is 3. The summed E-state index contributed by atoms with van der Waals surface area (Å²) < 4.78 is 0. The zero-order valence-corrected chi connectivity index (χ0v) is 14.4. The molecule has 1 N–H and O–H groups in total. The van der Waals surface area contributed by atoms with Crippen molar-refractivity contribution in [1.82, 2.24) is 20.1 Å². The molecule has 1 aliphatic heterocycles. The predicted molar refractivity (Wildman–Crippen MR) is 93.7 cm³/mol. The van der Waals surface area contributed by atoms with Gasteiger partial charge in [-0.15, -0.1) is 0 Å². The molecule has 3 fully saturated rings. The standard InChI is InChI=1S/C19H28N4O/c24-19(21-8-6-17-3-1-2-7-20-17)23-11-9-22(10-12-23)18-14-15-4-5-16(18)13-15/h1-3,7,15-16,18H,4-6,8-14H2,(H,21,24)/t15-,16-,18+/m1/s1. The molecule has 2 bridgehead atoms. The van der Waals surface area contributed by atoms with Gasteiger partial charge in [0.1, 0.15) is 0 Å². The van der Waals surface area contributed by atoms with Crippen LogP contribution in [-0.2, 0) is 6.42 Å². The van der Waals surface area contributed by atoms with Crippen molar-refractivity contribution in [3.63, 3.8) is 0 Å². The minimum absolute atomic E-state index is 0.0820. The van der Waals surface area contributed by atoms with E-state index >= 15 is 0 Å². The summed E-state index contributed by atoms with van der Waals surface area (Å²) in [6.07, 6.45) is 8.34. The van der Waals surface area contributed by atoms with Crippen molar-refractivity contribution >= 4 is 6.03 Å². The van der Waals surface area contributed by atoms with Gasteiger partial charge in [0.25, 0.3) is 0 Å². The molecule has 2 heterocycles. The highest BCUT2D eigenvalue weighted by Crippen LogP contribution is 2.46. The first kappa shape index (κ1) is 15.9. The van der Waals surface area contributed by atoms with Crippen LogP contribution in [0.1, 0.15) is 31.4 Å².